The van der Waals surface area contributed by atoms with Gasteiger partial charge < -0.3 is 15.2 Å². The molecule has 2 heterocycles. The molecule has 0 spiro atoms. The van der Waals surface area contributed by atoms with E-state index in [4.69, 9.17) is 9.84 Å². The SMILES string of the molecule is O=C(O)c1ccc(CNCC2CCCOC2)s1. The van der Waals surface area contributed by atoms with Crippen molar-refractivity contribution in [1.29, 1.82) is 0 Å². The van der Waals surface area contributed by atoms with Gasteiger partial charge in [-0.3, -0.25) is 0 Å². The van der Waals surface area contributed by atoms with Crippen molar-refractivity contribution in [2.45, 2.75) is 19.4 Å². The molecule has 0 saturated carbocycles. The highest BCUT2D eigenvalue weighted by Gasteiger charge is 2.13. The van der Waals surface area contributed by atoms with Gasteiger partial charge in [-0.1, -0.05) is 0 Å². The van der Waals surface area contributed by atoms with Gasteiger partial charge in [0.05, 0.1) is 6.61 Å². The molecule has 1 fully saturated rings. The molecule has 1 aliphatic rings. The van der Waals surface area contributed by atoms with Gasteiger partial charge in [0.15, 0.2) is 0 Å². The highest BCUT2D eigenvalue weighted by Crippen LogP contribution is 2.17. The molecule has 1 aliphatic heterocycles. The van der Waals surface area contributed by atoms with E-state index in [1.54, 1.807) is 6.07 Å². The van der Waals surface area contributed by atoms with Gasteiger partial charge in [-0.15, -0.1) is 11.3 Å². The monoisotopic (exact) mass is 255 g/mol. The predicted molar refractivity (Wildman–Crippen MR) is 66.5 cm³/mol. The van der Waals surface area contributed by atoms with Crippen LogP contribution in [0, 0.1) is 5.92 Å². The van der Waals surface area contributed by atoms with E-state index in [1.807, 2.05) is 6.07 Å². The van der Waals surface area contributed by atoms with Crippen LogP contribution in [0.25, 0.3) is 0 Å². The molecule has 5 heteroatoms. The molecule has 0 aliphatic carbocycles. The highest BCUT2D eigenvalue weighted by molar-refractivity contribution is 7.13. The van der Waals surface area contributed by atoms with Crippen molar-refractivity contribution >= 4 is 17.3 Å². The Morgan fingerprint density at radius 2 is 2.47 bits per heavy atom. The minimum absolute atomic E-state index is 0.405. The third-order valence-electron chi connectivity index (χ3n) is 2.86. The Morgan fingerprint density at radius 1 is 1.59 bits per heavy atom. The molecule has 94 valence electrons. The first-order valence-corrected chi connectivity index (χ1v) is 6.68. The van der Waals surface area contributed by atoms with Crippen LogP contribution >= 0.6 is 11.3 Å². The van der Waals surface area contributed by atoms with Gasteiger partial charge in [-0.05, 0) is 30.9 Å². The van der Waals surface area contributed by atoms with Gasteiger partial charge >= 0.3 is 5.97 Å². The van der Waals surface area contributed by atoms with E-state index in [-0.39, 0.29) is 0 Å². The summed E-state index contributed by atoms with van der Waals surface area (Å²) in [6.07, 6.45) is 2.37. The summed E-state index contributed by atoms with van der Waals surface area (Å²) >= 11 is 1.33. The van der Waals surface area contributed by atoms with Crippen LogP contribution in [0.5, 0.6) is 0 Å². The maximum absolute atomic E-state index is 10.7. The number of aromatic carboxylic acids is 1. The number of hydrogen-bond donors (Lipinski definition) is 2. The Morgan fingerprint density at radius 3 is 3.12 bits per heavy atom. The van der Waals surface area contributed by atoms with Gasteiger partial charge in [0, 0.05) is 24.6 Å². The Hall–Kier alpha value is -0.910. The zero-order chi connectivity index (χ0) is 12.1. The minimum atomic E-state index is -0.845. The van der Waals surface area contributed by atoms with E-state index < -0.39 is 5.97 Å². The zero-order valence-corrected chi connectivity index (χ0v) is 10.5. The number of thiophene rings is 1. The standard InChI is InChI=1S/C12H17NO3S/c14-12(15)11-4-3-10(17-11)7-13-6-9-2-1-5-16-8-9/h3-4,9,13H,1-2,5-8H2,(H,14,15). The summed E-state index contributed by atoms with van der Waals surface area (Å²) in [4.78, 5) is 12.2. The van der Waals surface area contributed by atoms with Gasteiger partial charge in [-0.25, -0.2) is 4.79 Å². The first-order valence-electron chi connectivity index (χ1n) is 5.86. The van der Waals surface area contributed by atoms with Crippen molar-refractivity contribution in [2.24, 2.45) is 5.92 Å². The third-order valence-corrected chi connectivity index (χ3v) is 3.93. The molecular weight excluding hydrogens is 238 g/mol. The van der Waals surface area contributed by atoms with Crippen LogP contribution in [0.2, 0.25) is 0 Å². The van der Waals surface area contributed by atoms with Crippen molar-refractivity contribution in [3.8, 4) is 0 Å². The average Bonchev–Trinajstić information content (AvgIpc) is 2.79. The van der Waals surface area contributed by atoms with Crippen molar-refractivity contribution in [2.75, 3.05) is 19.8 Å². The lowest BCUT2D eigenvalue weighted by molar-refractivity contribution is 0.0548. The van der Waals surface area contributed by atoms with Gasteiger partial charge in [0.25, 0.3) is 0 Å². The van der Waals surface area contributed by atoms with Crippen molar-refractivity contribution in [1.82, 2.24) is 5.32 Å². The summed E-state index contributed by atoms with van der Waals surface area (Å²) in [5.74, 6) is -0.246. The summed E-state index contributed by atoms with van der Waals surface area (Å²) in [6.45, 7) is 3.43. The minimum Gasteiger partial charge on any atom is -0.477 e. The number of carboxylic acid groups (broad SMARTS) is 1. The molecule has 2 N–H and O–H groups in total. The quantitative estimate of drug-likeness (QED) is 0.844. The Kier molecular flexibility index (Phi) is 4.53. The lowest BCUT2D eigenvalue weighted by atomic mass is 10.0. The molecule has 17 heavy (non-hydrogen) atoms. The fourth-order valence-electron chi connectivity index (χ4n) is 1.96. The number of hydrogen-bond acceptors (Lipinski definition) is 4. The number of carbonyl (C=O) groups is 1. The second-order valence-corrected chi connectivity index (χ2v) is 5.45. The lowest BCUT2D eigenvalue weighted by Gasteiger charge is -2.22. The van der Waals surface area contributed by atoms with Gasteiger partial charge in [0.2, 0.25) is 0 Å². The molecule has 1 atom stereocenters. The fourth-order valence-corrected chi connectivity index (χ4v) is 2.77. The van der Waals surface area contributed by atoms with Crippen LogP contribution in [0.1, 0.15) is 27.4 Å². The van der Waals surface area contributed by atoms with Crippen LogP contribution < -0.4 is 5.32 Å². The summed E-state index contributed by atoms with van der Waals surface area (Å²) in [6, 6.07) is 3.53. The molecule has 0 radical (unpaired) electrons. The normalized spacial score (nSPS) is 20.4. The molecule has 0 bridgehead atoms. The van der Waals surface area contributed by atoms with Crippen molar-refractivity contribution < 1.29 is 14.6 Å². The molecule has 1 saturated heterocycles. The van der Waals surface area contributed by atoms with Crippen LogP contribution in [-0.4, -0.2) is 30.8 Å². The Labute approximate surface area is 105 Å². The number of rotatable bonds is 5. The summed E-state index contributed by atoms with van der Waals surface area (Å²) in [5, 5.41) is 12.2. The van der Waals surface area contributed by atoms with Crippen LogP contribution in [0.15, 0.2) is 12.1 Å². The molecule has 4 nitrogen and oxygen atoms in total. The Bertz CT molecular complexity index is 372. The molecule has 2 rings (SSSR count). The molecule has 1 aromatic heterocycles. The maximum atomic E-state index is 10.7. The van der Waals surface area contributed by atoms with E-state index in [1.165, 1.54) is 17.8 Å². The van der Waals surface area contributed by atoms with E-state index >= 15 is 0 Å². The van der Waals surface area contributed by atoms with E-state index in [0.29, 0.717) is 10.8 Å². The number of ether oxygens (including phenoxy) is 1. The average molecular weight is 255 g/mol. The van der Waals surface area contributed by atoms with Crippen LogP contribution in [0.3, 0.4) is 0 Å². The fraction of sp³-hybridized carbons (Fsp3) is 0.583. The topological polar surface area (TPSA) is 58.6 Å². The molecule has 1 aromatic rings. The molecule has 0 amide bonds. The van der Waals surface area contributed by atoms with Gasteiger partial charge in [-0.2, -0.15) is 0 Å². The van der Waals surface area contributed by atoms with Crippen LogP contribution in [-0.2, 0) is 11.3 Å². The second kappa shape index (κ2) is 6.14. The van der Waals surface area contributed by atoms with E-state index in [9.17, 15) is 4.79 Å². The highest BCUT2D eigenvalue weighted by atomic mass is 32.1. The predicted octanol–water partition coefficient (Wildman–Crippen LogP) is 1.96. The van der Waals surface area contributed by atoms with Crippen molar-refractivity contribution in [3.05, 3.63) is 21.9 Å². The Balaban J connectivity index is 1.71. The van der Waals surface area contributed by atoms with Crippen molar-refractivity contribution in [3.63, 3.8) is 0 Å². The molecular formula is C12H17NO3S. The maximum Gasteiger partial charge on any atom is 0.345 e. The van der Waals surface area contributed by atoms with Gasteiger partial charge in [0.1, 0.15) is 4.88 Å². The summed E-state index contributed by atoms with van der Waals surface area (Å²) in [5.41, 5.74) is 0. The molecule has 0 aromatic carbocycles. The first-order chi connectivity index (χ1) is 8.25. The lowest BCUT2D eigenvalue weighted by Crippen LogP contribution is -2.28. The van der Waals surface area contributed by atoms with E-state index in [2.05, 4.69) is 5.32 Å². The first kappa shape index (κ1) is 12.5. The second-order valence-electron chi connectivity index (χ2n) is 4.29. The summed E-state index contributed by atoms with van der Waals surface area (Å²) in [7, 11) is 0. The zero-order valence-electron chi connectivity index (χ0n) is 9.65. The number of nitrogens with one attached hydrogen (secondary N) is 1. The summed E-state index contributed by atoms with van der Waals surface area (Å²) < 4.78 is 5.41. The smallest absolute Gasteiger partial charge is 0.345 e. The molecule has 1 unspecified atom stereocenters. The number of carboxylic acids is 1. The van der Waals surface area contributed by atoms with E-state index in [0.717, 1.165) is 37.6 Å². The third kappa shape index (κ3) is 3.80. The largest absolute Gasteiger partial charge is 0.477 e. The van der Waals surface area contributed by atoms with Crippen LogP contribution in [0.4, 0.5) is 0 Å².